The van der Waals surface area contributed by atoms with Crippen LogP contribution < -0.4 is 0 Å². The maximum atomic E-state index is 4.63. The number of H-pyrrole nitrogens is 1. The molecule has 1 N–H and O–H groups in total. The van der Waals surface area contributed by atoms with E-state index in [0.29, 0.717) is 0 Å². The summed E-state index contributed by atoms with van der Waals surface area (Å²) in [6.45, 7) is 0. The predicted molar refractivity (Wildman–Crippen MR) is 74.6 cm³/mol. The summed E-state index contributed by atoms with van der Waals surface area (Å²) >= 11 is 0. The van der Waals surface area contributed by atoms with E-state index in [1.54, 1.807) is 12.4 Å². The third-order valence-electron chi connectivity index (χ3n) is 3.13. The van der Waals surface area contributed by atoms with E-state index in [2.05, 4.69) is 19.9 Å². The molecule has 1 aromatic carbocycles. The average Bonchev–Trinajstić information content (AvgIpc) is 2.93. The summed E-state index contributed by atoms with van der Waals surface area (Å²) < 4.78 is 0. The van der Waals surface area contributed by atoms with Crippen molar-refractivity contribution in [1.29, 1.82) is 0 Å². The maximum absolute atomic E-state index is 4.63. The highest BCUT2D eigenvalue weighted by molar-refractivity contribution is 6.02. The molecule has 0 bridgehead atoms. The summed E-state index contributed by atoms with van der Waals surface area (Å²) in [6.07, 6.45) is 3.55. The van der Waals surface area contributed by atoms with Gasteiger partial charge in [-0.2, -0.15) is 0 Å². The standard InChI is InChI=1S/C15H10N4/c1-2-8-16-12(5-1)15-18-11-7-6-10-4-3-9-17-13(10)14(11)19-15/h1-9H,(H,18,19). The SMILES string of the molecule is c1ccc(-c2nc3c(ccc4cccnc43)[nH]2)nc1. The third-order valence-corrected chi connectivity index (χ3v) is 3.13. The van der Waals surface area contributed by atoms with Gasteiger partial charge in [0.2, 0.25) is 0 Å². The second kappa shape index (κ2) is 3.88. The molecule has 0 spiro atoms. The highest BCUT2D eigenvalue weighted by Crippen LogP contribution is 2.24. The molecule has 19 heavy (non-hydrogen) atoms. The zero-order valence-electron chi connectivity index (χ0n) is 10.0. The number of fused-ring (bicyclic) bond motifs is 3. The minimum absolute atomic E-state index is 0.772. The lowest BCUT2D eigenvalue weighted by atomic mass is 10.2. The second-order valence-electron chi connectivity index (χ2n) is 4.34. The van der Waals surface area contributed by atoms with Crippen LogP contribution in [0.5, 0.6) is 0 Å². The van der Waals surface area contributed by atoms with Crippen molar-refractivity contribution in [1.82, 2.24) is 19.9 Å². The van der Waals surface area contributed by atoms with E-state index in [-0.39, 0.29) is 0 Å². The Morgan fingerprint density at radius 2 is 1.74 bits per heavy atom. The third kappa shape index (κ3) is 1.57. The number of nitrogens with zero attached hydrogens (tertiary/aromatic N) is 3. The van der Waals surface area contributed by atoms with Crippen LogP contribution in [0.1, 0.15) is 0 Å². The first kappa shape index (κ1) is 10.2. The van der Waals surface area contributed by atoms with Gasteiger partial charge in [-0.1, -0.05) is 18.2 Å². The molecule has 4 rings (SSSR count). The number of rotatable bonds is 1. The van der Waals surface area contributed by atoms with Crippen LogP contribution in [-0.2, 0) is 0 Å². The molecule has 0 amide bonds. The van der Waals surface area contributed by atoms with Gasteiger partial charge in [0.15, 0.2) is 5.82 Å². The minimum atomic E-state index is 0.772. The van der Waals surface area contributed by atoms with Crippen LogP contribution in [0.25, 0.3) is 33.5 Å². The van der Waals surface area contributed by atoms with E-state index in [9.17, 15) is 0 Å². The fourth-order valence-electron chi connectivity index (χ4n) is 2.24. The fourth-order valence-corrected chi connectivity index (χ4v) is 2.24. The molecule has 0 unspecified atom stereocenters. The summed E-state index contributed by atoms with van der Waals surface area (Å²) in [5, 5.41) is 1.09. The van der Waals surface area contributed by atoms with Crippen LogP contribution in [0.4, 0.5) is 0 Å². The van der Waals surface area contributed by atoms with Gasteiger partial charge in [0.05, 0.1) is 11.0 Å². The number of pyridine rings is 2. The molecule has 0 aliphatic rings. The first-order valence-electron chi connectivity index (χ1n) is 6.07. The Morgan fingerprint density at radius 3 is 2.63 bits per heavy atom. The molecule has 4 heteroatoms. The van der Waals surface area contributed by atoms with Gasteiger partial charge in [-0.15, -0.1) is 0 Å². The van der Waals surface area contributed by atoms with Gasteiger partial charge in [-0.3, -0.25) is 9.97 Å². The Balaban J connectivity index is 2.04. The van der Waals surface area contributed by atoms with E-state index >= 15 is 0 Å². The molecule has 0 radical (unpaired) electrons. The van der Waals surface area contributed by atoms with Gasteiger partial charge in [-0.25, -0.2) is 4.98 Å². The Kier molecular flexibility index (Phi) is 2.08. The number of nitrogens with one attached hydrogen (secondary N) is 1. The van der Waals surface area contributed by atoms with Crippen molar-refractivity contribution in [3.05, 3.63) is 54.9 Å². The maximum Gasteiger partial charge on any atom is 0.157 e. The van der Waals surface area contributed by atoms with Crippen LogP contribution in [0.3, 0.4) is 0 Å². The summed E-state index contributed by atoms with van der Waals surface area (Å²) in [4.78, 5) is 16.6. The van der Waals surface area contributed by atoms with E-state index < -0.39 is 0 Å². The molecular formula is C15H10N4. The highest BCUT2D eigenvalue weighted by Gasteiger charge is 2.09. The smallest absolute Gasteiger partial charge is 0.157 e. The van der Waals surface area contributed by atoms with Crippen molar-refractivity contribution < 1.29 is 0 Å². The van der Waals surface area contributed by atoms with E-state index in [0.717, 1.165) is 33.5 Å². The molecule has 0 saturated carbocycles. The average molecular weight is 246 g/mol. The second-order valence-corrected chi connectivity index (χ2v) is 4.34. The summed E-state index contributed by atoms with van der Waals surface area (Å²) in [6, 6.07) is 13.8. The molecule has 90 valence electrons. The lowest BCUT2D eigenvalue weighted by molar-refractivity contribution is 1.24. The first-order chi connectivity index (χ1) is 9.42. The molecule has 3 aromatic heterocycles. The molecule has 4 aromatic rings. The zero-order chi connectivity index (χ0) is 12.7. The Bertz CT molecular complexity index is 865. The van der Waals surface area contributed by atoms with Crippen molar-refractivity contribution in [3.63, 3.8) is 0 Å². The van der Waals surface area contributed by atoms with Crippen LogP contribution in [-0.4, -0.2) is 19.9 Å². The monoisotopic (exact) mass is 246 g/mol. The van der Waals surface area contributed by atoms with Gasteiger partial charge in [0.25, 0.3) is 0 Å². The number of imidazole rings is 1. The quantitative estimate of drug-likeness (QED) is 0.561. The lowest BCUT2D eigenvalue weighted by Gasteiger charge is -1.95. The molecule has 0 fully saturated rings. The van der Waals surface area contributed by atoms with Crippen molar-refractivity contribution in [2.75, 3.05) is 0 Å². The number of aromatic amines is 1. The van der Waals surface area contributed by atoms with Crippen molar-refractivity contribution >= 4 is 21.9 Å². The summed E-state index contributed by atoms with van der Waals surface area (Å²) in [5.74, 6) is 0.772. The topological polar surface area (TPSA) is 54.5 Å². The van der Waals surface area contributed by atoms with Crippen LogP contribution in [0.2, 0.25) is 0 Å². The fraction of sp³-hybridized carbons (Fsp3) is 0. The van der Waals surface area contributed by atoms with E-state index in [1.807, 2.05) is 42.5 Å². The lowest BCUT2D eigenvalue weighted by Crippen LogP contribution is -1.83. The van der Waals surface area contributed by atoms with Gasteiger partial charge < -0.3 is 4.98 Å². The Hall–Kier alpha value is -2.75. The number of aromatic nitrogens is 4. The number of benzene rings is 1. The van der Waals surface area contributed by atoms with Crippen LogP contribution in [0, 0.1) is 0 Å². The van der Waals surface area contributed by atoms with Crippen molar-refractivity contribution in [2.45, 2.75) is 0 Å². The molecule has 3 heterocycles. The van der Waals surface area contributed by atoms with Gasteiger partial charge in [0.1, 0.15) is 11.2 Å². The van der Waals surface area contributed by atoms with Crippen LogP contribution in [0.15, 0.2) is 54.9 Å². The first-order valence-corrected chi connectivity index (χ1v) is 6.07. The number of hydrogen-bond donors (Lipinski definition) is 1. The largest absolute Gasteiger partial charge is 0.337 e. The summed E-state index contributed by atoms with van der Waals surface area (Å²) in [7, 11) is 0. The van der Waals surface area contributed by atoms with E-state index in [4.69, 9.17) is 0 Å². The minimum Gasteiger partial charge on any atom is -0.337 e. The summed E-state index contributed by atoms with van der Waals surface area (Å²) in [5.41, 5.74) is 3.62. The zero-order valence-corrected chi connectivity index (χ0v) is 10.0. The Labute approximate surface area is 109 Å². The van der Waals surface area contributed by atoms with Gasteiger partial charge in [-0.05, 0) is 24.3 Å². The number of hydrogen-bond acceptors (Lipinski definition) is 3. The molecule has 0 atom stereocenters. The molecule has 0 aliphatic heterocycles. The van der Waals surface area contributed by atoms with Gasteiger partial charge >= 0.3 is 0 Å². The molecule has 4 nitrogen and oxygen atoms in total. The van der Waals surface area contributed by atoms with Crippen molar-refractivity contribution in [2.24, 2.45) is 0 Å². The normalized spacial score (nSPS) is 11.2. The van der Waals surface area contributed by atoms with Crippen LogP contribution >= 0.6 is 0 Å². The molecule has 0 aliphatic carbocycles. The van der Waals surface area contributed by atoms with E-state index in [1.165, 1.54) is 0 Å². The Morgan fingerprint density at radius 1 is 0.789 bits per heavy atom. The van der Waals surface area contributed by atoms with Crippen molar-refractivity contribution in [3.8, 4) is 11.5 Å². The molecule has 0 saturated heterocycles. The molecular weight excluding hydrogens is 236 g/mol. The predicted octanol–water partition coefficient (Wildman–Crippen LogP) is 3.17. The van der Waals surface area contributed by atoms with Gasteiger partial charge in [0, 0.05) is 17.8 Å². The highest BCUT2D eigenvalue weighted by atomic mass is 15.0.